The molecule has 1 fully saturated rings. The van der Waals surface area contributed by atoms with Crippen LogP contribution in [-0.4, -0.2) is 19.3 Å². The summed E-state index contributed by atoms with van der Waals surface area (Å²) in [6, 6.07) is 3.77. The second-order valence-corrected chi connectivity index (χ2v) is 4.84. The Morgan fingerprint density at radius 2 is 1.88 bits per heavy atom. The third-order valence-corrected chi connectivity index (χ3v) is 3.44. The molecule has 1 aromatic carbocycles. The first-order valence-electron chi connectivity index (χ1n) is 5.14. The lowest BCUT2D eigenvalue weighted by Crippen LogP contribution is -2.40. The summed E-state index contributed by atoms with van der Waals surface area (Å²) in [6.45, 7) is 0. The summed E-state index contributed by atoms with van der Waals surface area (Å²) in [5.74, 6) is 0. The molecule has 0 amide bonds. The van der Waals surface area contributed by atoms with Crippen LogP contribution >= 0.6 is 23.2 Å². The van der Waals surface area contributed by atoms with Crippen molar-refractivity contribution >= 4 is 34.6 Å². The van der Waals surface area contributed by atoms with E-state index in [0.29, 0.717) is 27.9 Å². The normalized spacial score (nSPS) is 23.9. The number of anilines is 2. The minimum absolute atomic E-state index is 0.351. The molecule has 0 spiro atoms. The van der Waals surface area contributed by atoms with Gasteiger partial charge in [-0.2, -0.15) is 0 Å². The summed E-state index contributed by atoms with van der Waals surface area (Å²) < 4.78 is 5.21. The largest absolute Gasteiger partial charge is 0.399 e. The first-order chi connectivity index (χ1) is 7.60. The van der Waals surface area contributed by atoms with Gasteiger partial charge in [0.05, 0.1) is 21.8 Å². The van der Waals surface area contributed by atoms with Gasteiger partial charge >= 0.3 is 0 Å². The Bertz CT molecular complexity index is 369. The number of ether oxygens (including phenoxy) is 1. The van der Waals surface area contributed by atoms with Crippen LogP contribution in [0.15, 0.2) is 12.1 Å². The highest BCUT2D eigenvalue weighted by atomic mass is 35.5. The van der Waals surface area contributed by atoms with Gasteiger partial charge < -0.3 is 15.8 Å². The van der Waals surface area contributed by atoms with Crippen molar-refractivity contribution in [3.63, 3.8) is 0 Å². The van der Waals surface area contributed by atoms with E-state index in [1.165, 1.54) is 0 Å². The Morgan fingerprint density at radius 3 is 2.38 bits per heavy atom. The summed E-state index contributed by atoms with van der Waals surface area (Å²) in [5.41, 5.74) is 6.97. The quantitative estimate of drug-likeness (QED) is 0.821. The van der Waals surface area contributed by atoms with E-state index in [9.17, 15) is 0 Å². The van der Waals surface area contributed by atoms with Crippen molar-refractivity contribution in [1.82, 2.24) is 0 Å². The van der Waals surface area contributed by atoms with Crippen molar-refractivity contribution in [3.05, 3.63) is 22.2 Å². The zero-order valence-corrected chi connectivity index (χ0v) is 10.5. The summed E-state index contributed by atoms with van der Waals surface area (Å²) in [6.07, 6.45) is 2.31. The molecule has 1 saturated carbocycles. The maximum absolute atomic E-state index is 6.07. The third kappa shape index (κ3) is 2.37. The molecule has 5 heteroatoms. The van der Waals surface area contributed by atoms with Crippen LogP contribution in [0.2, 0.25) is 10.0 Å². The summed E-state index contributed by atoms with van der Waals surface area (Å²) in [5, 5.41) is 4.43. The highest BCUT2D eigenvalue weighted by Gasteiger charge is 2.29. The van der Waals surface area contributed by atoms with Crippen LogP contribution in [0.1, 0.15) is 12.8 Å². The van der Waals surface area contributed by atoms with E-state index in [2.05, 4.69) is 5.32 Å². The standard InChI is InChI=1S/C11H14Cl2N2O/c1-16-8-4-7(5-8)15-11-9(12)2-6(14)3-10(11)13/h2-3,7-8,15H,4-5,14H2,1H3. The average Bonchev–Trinajstić information content (AvgIpc) is 2.13. The maximum Gasteiger partial charge on any atom is 0.0722 e. The molecule has 0 aliphatic heterocycles. The number of methoxy groups -OCH3 is 1. The van der Waals surface area contributed by atoms with Crippen LogP contribution in [-0.2, 0) is 4.74 Å². The van der Waals surface area contributed by atoms with Crippen LogP contribution < -0.4 is 11.1 Å². The predicted octanol–water partition coefficient (Wildman–Crippen LogP) is 3.16. The van der Waals surface area contributed by atoms with E-state index in [4.69, 9.17) is 33.7 Å². The second-order valence-electron chi connectivity index (χ2n) is 4.03. The molecule has 3 N–H and O–H groups in total. The molecule has 0 bridgehead atoms. The predicted molar refractivity (Wildman–Crippen MR) is 68.3 cm³/mol. The van der Waals surface area contributed by atoms with Crippen molar-refractivity contribution in [3.8, 4) is 0 Å². The SMILES string of the molecule is COC1CC(Nc2c(Cl)cc(N)cc2Cl)C1. The van der Waals surface area contributed by atoms with Gasteiger partial charge in [0.2, 0.25) is 0 Å². The van der Waals surface area contributed by atoms with Crippen molar-refractivity contribution in [1.29, 1.82) is 0 Å². The minimum atomic E-state index is 0.351. The smallest absolute Gasteiger partial charge is 0.0722 e. The Labute approximate surface area is 105 Å². The Kier molecular flexibility index (Phi) is 3.47. The molecule has 88 valence electrons. The molecule has 1 aromatic rings. The second kappa shape index (κ2) is 4.70. The molecule has 0 heterocycles. The lowest BCUT2D eigenvalue weighted by atomic mass is 9.89. The molecule has 0 aromatic heterocycles. The maximum atomic E-state index is 6.07. The number of hydrogen-bond acceptors (Lipinski definition) is 3. The first-order valence-corrected chi connectivity index (χ1v) is 5.89. The van der Waals surface area contributed by atoms with Gasteiger partial charge in [-0.05, 0) is 25.0 Å². The number of benzene rings is 1. The van der Waals surface area contributed by atoms with Crippen molar-refractivity contribution in [2.75, 3.05) is 18.2 Å². The molecule has 2 rings (SSSR count). The molecule has 0 saturated heterocycles. The molecular weight excluding hydrogens is 247 g/mol. The number of nitrogens with one attached hydrogen (secondary N) is 1. The fourth-order valence-corrected chi connectivity index (χ4v) is 2.42. The van der Waals surface area contributed by atoms with E-state index in [1.807, 2.05) is 0 Å². The highest BCUT2D eigenvalue weighted by molar-refractivity contribution is 6.39. The molecule has 0 radical (unpaired) electrons. The van der Waals surface area contributed by atoms with E-state index >= 15 is 0 Å². The highest BCUT2D eigenvalue weighted by Crippen LogP contribution is 2.36. The monoisotopic (exact) mass is 260 g/mol. The molecule has 1 aliphatic carbocycles. The zero-order valence-electron chi connectivity index (χ0n) is 8.97. The zero-order chi connectivity index (χ0) is 11.7. The summed E-state index contributed by atoms with van der Waals surface area (Å²) in [4.78, 5) is 0. The number of hydrogen-bond donors (Lipinski definition) is 2. The summed E-state index contributed by atoms with van der Waals surface area (Å²) in [7, 11) is 1.73. The van der Waals surface area contributed by atoms with Gasteiger partial charge in [0, 0.05) is 18.8 Å². The number of nitrogens with two attached hydrogens (primary N) is 1. The van der Waals surface area contributed by atoms with Crippen LogP contribution in [0.25, 0.3) is 0 Å². The van der Waals surface area contributed by atoms with Crippen LogP contribution in [0.4, 0.5) is 11.4 Å². The first kappa shape index (κ1) is 11.8. The van der Waals surface area contributed by atoms with Gasteiger partial charge in [-0.1, -0.05) is 23.2 Å². The van der Waals surface area contributed by atoms with Gasteiger partial charge in [-0.3, -0.25) is 0 Å². The number of nitrogen functional groups attached to an aromatic ring is 1. The average molecular weight is 261 g/mol. The molecular formula is C11H14Cl2N2O. The molecule has 1 aliphatic rings. The Balaban J connectivity index is 2.05. The topological polar surface area (TPSA) is 47.3 Å². The number of halogens is 2. The van der Waals surface area contributed by atoms with Crippen molar-refractivity contribution in [2.45, 2.75) is 25.0 Å². The lowest BCUT2D eigenvalue weighted by Gasteiger charge is -2.35. The van der Waals surface area contributed by atoms with Crippen molar-refractivity contribution < 1.29 is 4.74 Å². The van der Waals surface area contributed by atoms with E-state index < -0.39 is 0 Å². The Hall–Kier alpha value is -0.640. The van der Waals surface area contributed by atoms with Crippen LogP contribution in [0.3, 0.4) is 0 Å². The van der Waals surface area contributed by atoms with E-state index in [1.54, 1.807) is 19.2 Å². The van der Waals surface area contributed by atoms with Crippen molar-refractivity contribution in [2.24, 2.45) is 0 Å². The number of rotatable bonds is 3. The fraction of sp³-hybridized carbons (Fsp3) is 0.455. The van der Waals surface area contributed by atoms with Gasteiger partial charge in [0.1, 0.15) is 0 Å². The van der Waals surface area contributed by atoms with Crippen LogP contribution in [0, 0.1) is 0 Å². The van der Waals surface area contributed by atoms with Gasteiger partial charge in [0.25, 0.3) is 0 Å². The van der Waals surface area contributed by atoms with E-state index in [0.717, 1.165) is 18.5 Å². The molecule has 0 unspecified atom stereocenters. The minimum Gasteiger partial charge on any atom is -0.399 e. The summed E-state index contributed by atoms with van der Waals surface area (Å²) >= 11 is 12.1. The fourth-order valence-electron chi connectivity index (χ4n) is 1.81. The molecule has 16 heavy (non-hydrogen) atoms. The lowest BCUT2D eigenvalue weighted by molar-refractivity contribution is 0.0329. The third-order valence-electron chi connectivity index (χ3n) is 2.84. The van der Waals surface area contributed by atoms with Crippen LogP contribution in [0.5, 0.6) is 0 Å². The van der Waals surface area contributed by atoms with E-state index in [-0.39, 0.29) is 0 Å². The molecule has 3 nitrogen and oxygen atoms in total. The van der Waals surface area contributed by atoms with Gasteiger partial charge in [-0.15, -0.1) is 0 Å². The van der Waals surface area contributed by atoms with Gasteiger partial charge in [0.15, 0.2) is 0 Å². The molecule has 0 atom stereocenters. The van der Waals surface area contributed by atoms with Gasteiger partial charge in [-0.25, -0.2) is 0 Å². The Morgan fingerprint density at radius 1 is 1.31 bits per heavy atom.